The fourth-order valence-corrected chi connectivity index (χ4v) is 4.81. The lowest BCUT2D eigenvalue weighted by atomic mass is 9.78. The number of hydrogen-bond donors (Lipinski definition) is 0. The van der Waals surface area contributed by atoms with Gasteiger partial charge in [0.15, 0.2) is 0 Å². The topological polar surface area (TPSA) is 42.0 Å². The lowest BCUT2D eigenvalue weighted by Crippen LogP contribution is -2.44. The molecule has 3 saturated heterocycles. The SMILES string of the molecule is C[C@@H]1CCCN1C[C@@H]1CCCN1C(=O)c1ccc(B2OC(C)(C)C(C)(C)O2)cc1F. The average molecular weight is 416 g/mol. The van der Waals surface area contributed by atoms with Crippen molar-refractivity contribution >= 4 is 18.5 Å². The van der Waals surface area contributed by atoms with Crippen LogP contribution in [-0.2, 0) is 9.31 Å². The second-order valence-corrected chi connectivity index (χ2v) is 10.1. The molecule has 4 rings (SSSR count). The second kappa shape index (κ2) is 7.92. The van der Waals surface area contributed by atoms with E-state index in [2.05, 4.69) is 11.8 Å². The summed E-state index contributed by atoms with van der Waals surface area (Å²) >= 11 is 0. The first-order valence-corrected chi connectivity index (χ1v) is 11.3. The number of hydrogen-bond acceptors (Lipinski definition) is 4. The number of carbonyl (C=O) groups is 1. The van der Waals surface area contributed by atoms with Crippen LogP contribution in [0.25, 0.3) is 0 Å². The highest BCUT2D eigenvalue weighted by Crippen LogP contribution is 2.36. The van der Waals surface area contributed by atoms with Crippen LogP contribution in [-0.4, -0.2) is 65.7 Å². The Labute approximate surface area is 180 Å². The Hall–Kier alpha value is -1.44. The standard InChI is InChI=1S/C23H34BFN2O3/c1-16-8-6-12-26(16)15-18-9-7-13-27(18)21(28)19-11-10-17(14-20(19)25)24-29-22(2,3)23(4,5)30-24/h10-11,14,16,18H,6-9,12-13,15H2,1-5H3/t16-,18+/m1/s1. The number of halogens is 1. The van der Waals surface area contributed by atoms with Crippen LogP contribution in [0.4, 0.5) is 4.39 Å². The minimum Gasteiger partial charge on any atom is -0.399 e. The zero-order valence-corrected chi connectivity index (χ0v) is 18.9. The molecule has 1 amide bonds. The Morgan fingerprint density at radius 1 is 1.13 bits per heavy atom. The Bertz CT molecular complexity index is 800. The van der Waals surface area contributed by atoms with E-state index in [1.807, 2.05) is 32.6 Å². The monoisotopic (exact) mass is 416 g/mol. The zero-order valence-electron chi connectivity index (χ0n) is 18.9. The number of nitrogens with zero attached hydrogens (tertiary/aromatic N) is 2. The van der Waals surface area contributed by atoms with E-state index in [1.165, 1.54) is 18.9 Å². The van der Waals surface area contributed by atoms with E-state index in [9.17, 15) is 4.79 Å². The number of carbonyl (C=O) groups excluding carboxylic acids is 1. The van der Waals surface area contributed by atoms with Gasteiger partial charge >= 0.3 is 7.12 Å². The first-order chi connectivity index (χ1) is 14.1. The van der Waals surface area contributed by atoms with E-state index in [0.29, 0.717) is 18.0 Å². The van der Waals surface area contributed by atoms with Crippen molar-refractivity contribution in [1.29, 1.82) is 0 Å². The largest absolute Gasteiger partial charge is 0.494 e. The molecule has 0 saturated carbocycles. The molecule has 0 aromatic heterocycles. The summed E-state index contributed by atoms with van der Waals surface area (Å²) in [6.45, 7) is 12.8. The van der Waals surface area contributed by atoms with Crippen molar-refractivity contribution in [3.05, 3.63) is 29.6 Å². The summed E-state index contributed by atoms with van der Waals surface area (Å²) in [6, 6.07) is 5.47. The minimum atomic E-state index is -0.634. The van der Waals surface area contributed by atoms with Crippen molar-refractivity contribution < 1.29 is 18.5 Å². The van der Waals surface area contributed by atoms with Gasteiger partial charge in [0, 0.05) is 25.2 Å². The van der Waals surface area contributed by atoms with Gasteiger partial charge < -0.3 is 14.2 Å². The summed E-state index contributed by atoms with van der Waals surface area (Å²) in [4.78, 5) is 17.5. The van der Waals surface area contributed by atoms with Crippen LogP contribution in [0.1, 0.15) is 70.7 Å². The molecule has 3 heterocycles. The molecular formula is C23H34BFN2O3. The molecule has 7 heteroatoms. The Morgan fingerprint density at radius 2 is 1.80 bits per heavy atom. The van der Waals surface area contributed by atoms with Crippen molar-refractivity contribution in [3.63, 3.8) is 0 Å². The maximum absolute atomic E-state index is 15.0. The third-order valence-corrected chi connectivity index (χ3v) is 7.52. The van der Waals surface area contributed by atoms with Crippen LogP contribution in [0.3, 0.4) is 0 Å². The smallest absolute Gasteiger partial charge is 0.399 e. The molecule has 3 fully saturated rings. The van der Waals surface area contributed by atoms with Gasteiger partial charge in [-0.25, -0.2) is 4.39 Å². The first-order valence-electron chi connectivity index (χ1n) is 11.3. The zero-order chi connectivity index (χ0) is 21.7. The summed E-state index contributed by atoms with van der Waals surface area (Å²) in [5.74, 6) is -0.713. The van der Waals surface area contributed by atoms with Crippen molar-refractivity contribution in [1.82, 2.24) is 9.80 Å². The summed E-state index contributed by atoms with van der Waals surface area (Å²) in [6.07, 6.45) is 4.40. The van der Waals surface area contributed by atoms with Gasteiger partial charge in [0.2, 0.25) is 0 Å². The maximum Gasteiger partial charge on any atom is 0.494 e. The second-order valence-electron chi connectivity index (χ2n) is 10.1. The summed E-state index contributed by atoms with van der Waals surface area (Å²) in [5, 5.41) is 0. The van der Waals surface area contributed by atoms with Crippen LogP contribution in [0.2, 0.25) is 0 Å². The van der Waals surface area contributed by atoms with Gasteiger partial charge in [-0.3, -0.25) is 9.69 Å². The van der Waals surface area contributed by atoms with E-state index < -0.39 is 24.1 Å². The number of likely N-dealkylation sites (tertiary alicyclic amines) is 2. The maximum atomic E-state index is 15.0. The third kappa shape index (κ3) is 3.92. The summed E-state index contributed by atoms with van der Waals surface area (Å²) in [5.41, 5.74) is -0.237. The predicted molar refractivity (Wildman–Crippen MR) is 116 cm³/mol. The molecule has 30 heavy (non-hydrogen) atoms. The quantitative estimate of drug-likeness (QED) is 0.707. The van der Waals surface area contributed by atoms with Gasteiger partial charge in [-0.15, -0.1) is 0 Å². The van der Waals surface area contributed by atoms with Gasteiger partial charge in [-0.2, -0.15) is 0 Å². The molecule has 0 radical (unpaired) electrons. The highest BCUT2D eigenvalue weighted by Gasteiger charge is 2.51. The predicted octanol–water partition coefficient (Wildman–Crippen LogP) is 3.21. The van der Waals surface area contributed by atoms with E-state index >= 15 is 4.39 Å². The molecule has 3 aliphatic heterocycles. The van der Waals surface area contributed by atoms with Crippen LogP contribution in [0.15, 0.2) is 18.2 Å². The molecular weight excluding hydrogens is 382 g/mol. The van der Waals surface area contributed by atoms with Gasteiger partial charge in [-0.1, -0.05) is 6.07 Å². The average Bonchev–Trinajstić information content (AvgIpc) is 3.34. The first kappa shape index (κ1) is 21.8. The van der Waals surface area contributed by atoms with Gasteiger partial charge in [-0.05, 0) is 84.4 Å². The molecule has 1 aromatic carbocycles. The molecule has 0 N–H and O–H groups in total. The molecule has 0 spiro atoms. The van der Waals surface area contributed by atoms with Crippen molar-refractivity contribution in [3.8, 4) is 0 Å². The Kier molecular flexibility index (Phi) is 5.75. The van der Waals surface area contributed by atoms with Crippen LogP contribution in [0.5, 0.6) is 0 Å². The molecule has 1 aromatic rings. The molecule has 2 atom stereocenters. The van der Waals surface area contributed by atoms with E-state index in [0.717, 1.165) is 25.9 Å². The number of benzene rings is 1. The molecule has 5 nitrogen and oxygen atoms in total. The van der Waals surface area contributed by atoms with E-state index in [4.69, 9.17) is 9.31 Å². The molecule has 0 bridgehead atoms. The molecule has 3 aliphatic rings. The fourth-order valence-electron chi connectivity index (χ4n) is 4.81. The third-order valence-electron chi connectivity index (χ3n) is 7.52. The number of rotatable bonds is 4. The van der Waals surface area contributed by atoms with Crippen LogP contribution >= 0.6 is 0 Å². The van der Waals surface area contributed by atoms with Gasteiger partial charge in [0.1, 0.15) is 5.82 Å². The highest BCUT2D eigenvalue weighted by atomic mass is 19.1. The molecule has 0 unspecified atom stereocenters. The Balaban J connectivity index is 1.48. The lowest BCUT2D eigenvalue weighted by Gasteiger charge is -2.32. The molecule has 164 valence electrons. The summed E-state index contributed by atoms with van der Waals surface area (Å²) in [7, 11) is -0.634. The fraction of sp³-hybridized carbons (Fsp3) is 0.696. The lowest BCUT2D eigenvalue weighted by molar-refractivity contribution is 0.00578. The summed E-state index contributed by atoms with van der Waals surface area (Å²) < 4.78 is 27.1. The van der Waals surface area contributed by atoms with Crippen molar-refractivity contribution in [2.45, 2.75) is 83.6 Å². The van der Waals surface area contributed by atoms with Gasteiger partial charge in [0.05, 0.1) is 16.8 Å². The molecule has 0 aliphatic carbocycles. The number of amides is 1. The van der Waals surface area contributed by atoms with Crippen LogP contribution in [0, 0.1) is 5.82 Å². The van der Waals surface area contributed by atoms with Crippen molar-refractivity contribution in [2.75, 3.05) is 19.6 Å². The normalized spacial score (nSPS) is 28.5. The van der Waals surface area contributed by atoms with E-state index in [-0.39, 0.29) is 17.5 Å². The minimum absolute atomic E-state index is 0.136. The van der Waals surface area contributed by atoms with E-state index in [1.54, 1.807) is 12.1 Å². The Morgan fingerprint density at radius 3 is 2.40 bits per heavy atom. The highest BCUT2D eigenvalue weighted by molar-refractivity contribution is 6.62. The van der Waals surface area contributed by atoms with Crippen molar-refractivity contribution in [2.24, 2.45) is 0 Å². The van der Waals surface area contributed by atoms with Gasteiger partial charge in [0.25, 0.3) is 5.91 Å². The van der Waals surface area contributed by atoms with Crippen LogP contribution < -0.4 is 5.46 Å².